The number of benzene rings is 1. The van der Waals surface area contributed by atoms with Gasteiger partial charge in [0.2, 0.25) is 5.91 Å². The van der Waals surface area contributed by atoms with Crippen molar-refractivity contribution >= 4 is 46.5 Å². The molecule has 1 atom stereocenters. The van der Waals surface area contributed by atoms with Crippen molar-refractivity contribution in [3.8, 4) is 0 Å². The largest absolute Gasteiger partial charge is 0.394 e. The van der Waals surface area contributed by atoms with E-state index < -0.39 is 5.92 Å². The van der Waals surface area contributed by atoms with Crippen LogP contribution in [0.15, 0.2) is 27.2 Å². The van der Waals surface area contributed by atoms with Crippen molar-refractivity contribution in [2.75, 3.05) is 24.2 Å². The number of aliphatic hydroxyl groups excluding tert-OH is 1. The average molecular weight is 387 g/mol. The highest BCUT2D eigenvalue weighted by Gasteiger charge is 2.35. The fraction of sp³-hybridized carbons (Fsp3) is 0.389. The molecule has 2 aliphatic rings. The number of amidine groups is 2. The van der Waals surface area contributed by atoms with Crippen molar-refractivity contribution in [2.24, 2.45) is 21.0 Å². The van der Waals surface area contributed by atoms with Gasteiger partial charge in [-0.25, -0.2) is 10.0 Å². The first kappa shape index (κ1) is 19.2. The van der Waals surface area contributed by atoms with Crippen LogP contribution in [0.5, 0.6) is 0 Å². The van der Waals surface area contributed by atoms with Gasteiger partial charge in [-0.1, -0.05) is 29.5 Å². The molecule has 2 amide bonds. The van der Waals surface area contributed by atoms with Crippen molar-refractivity contribution in [1.29, 1.82) is 0 Å². The van der Waals surface area contributed by atoms with E-state index in [0.717, 1.165) is 34.1 Å². The second-order valence-corrected chi connectivity index (χ2v) is 7.34. The van der Waals surface area contributed by atoms with E-state index in [4.69, 9.17) is 5.11 Å². The summed E-state index contributed by atoms with van der Waals surface area (Å²) in [6, 6.07) is 4.03. The lowest BCUT2D eigenvalue weighted by atomic mass is 10.1. The summed E-state index contributed by atoms with van der Waals surface area (Å²) < 4.78 is 0. The number of amides is 2. The summed E-state index contributed by atoms with van der Waals surface area (Å²) >= 11 is 1.10. The minimum atomic E-state index is -0.604. The molecule has 0 aliphatic carbocycles. The van der Waals surface area contributed by atoms with Gasteiger partial charge in [-0.15, -0.1) is 0 Å². The Kier molecular flexibility index (Phi) is 5.71. The summed E-state index contributed by atoms with van der Waals surface area (Å²) in [6.07, 6.45) is 1.47. The first-order chi connectivity index (χ1) is 12.9. The Morgan fingerprint density at radius 1 is 1.26 bits per heavy atom. The summed E-state index contributed by atoms with van der Waals surface area (Å²) in [7, 11) is 0. The molecule has 8 nitrogen and oxygen atoms in total. The molecule has 2 N–H and O–H groups in total. The molecule has 0 bridgehead atoms. The fourth-order valence-corrected chi connectivity index (χ4v) is 3.68. The molecule has 142 valence electrons. The predicted molar refractivity (Wildman–Crippen MR) is 107 cm³/mol. The SMILES string of the molecule is Cc1cc(C)c(NC(=O)CSC2=NC(=O)C3C=NN(CCO)C3=N2)c(C)c1. The van der Waals surface area contributed by atoms with E-state index in [1.165, 1.54) is 11.2 Å². The molecule has 0 fully saturated rings. The maximum Gasteiger partial charge on any atom is 0.264 e. The van der Waals surface area contributed by atoms with Crippen LogP contribution in [-0.4, -0.2) is 58.1 Å². The van der Waals surface area contributed by atoms with Gasteiger partial charge in [0, 0.05) is 11.9 Å². The predicted octanol–water partition coefficient (Wildman–Crippen LogP) is 1.49. The smallest absolute Gasteiger partial charge is 0.264 e. The van der Waals surface area contributed by atoms with Crippen molar-refractivity contribution in [2.45, 2.75) is 20.8 Å². The number of aliphatic imine (C=N–C) groups is 2. The zero-order chi connectivity index (χ0) is 19.6. The highest BCUT2D eigenvalue weighted by Crippen LogP contribution is 2.24. The zero-order valence-corrected chi connectivity index (χ0v) is 16.2. The van der Waals surface area contributed by atoms with Crippen molar-refractivity contribution in [3.05, 3.63) is 28.8 Å². The quantitative estimate of drug-likeness (QED) is 0.796. The number of rotatable bonds is 5. The number of nitrogens with zero attached hydrogens (tertiary/aromatic N) is 4. The van der Waals surface area contributed by atoms with Crippen LogP contribution in [0.2, 0.25) is 0 Å². The van der Waals surface area contributed by atoms with Crippen LogP contribution < -0.4 is 5.32 Å². The third-order valence-corrected chi connectivity index (χ3v) is 5.01. The van der Waals surface area contributed by atoms with Gasteiger partial charge in [0.25, 0.3) is 5.91 Å². The number of fused-ring (bicyclic) bond motifs is 1. The maximum atomic E-state index is 12.3. The molecule has 0 aromatic heterocycles. The number of thioether (sulfide) groups is 1. The Balaban J connectivity index is 1.64. The van der Waals surface area contributed by atoms with Gasteiger partial charge < -0.3 is 10.4 Å². The summed E-state index contributed by atoms with van der Waals surface area (Å²) in [5.41, 5.74) is 3.95. The molecule has 3 rings (SSSR count). The summed E-state index contributed by atoms with van der Waals surface area (Å²) in [5, 5.41) is 17.8. The van der Waals surface area contributed by atoms with Crippen LogP contribution in [-0.2, 0) is 9.59 Å². The van der Waals surface area contributed by atoms with E-state index >= 15 is 0 Å². The monoisotopic (exact) mass is 387 g/mol. The fourth-order valence-electron chi connectivity index (χ4n) is 3.04. The Bertz CT molecular complexity index is 855. The maximum absolute atomic E-state index is 12.3. The molecule has 1 unspecified atom stereocenters. The van der Waals surface area contributed by atoms with Crippen LogP contribution in [0, 0.1) is 26.7 Å². The van der Waals surface area contributed by atoms with Crippen LogP contribution >= 0.6 is 11.8 Å². The highest BCUT2D eigenvalue weighted by atomic mass is 32.2. The molecule has 0 saturated carbocycles. The lowest BCUT2D eigenvalue weighted by molar-refractivity contribution is -0.118. The molecule has 0 spiro atoms. The standard InChI is InChI=1S/C18H21N5O3S/c1-10-6-11(2)15(12(3)7-10)20-14(25)9-27-18-21-16-13(17(26)22-18)8-19-23(16)4-5-24/h6-8,13,24H,4-5,9H2,1-3H3,(H,20,25). The van der Waals surface area contributed by atoms with Crippen LogP contribution in [0.1, 0.15) is 16.7 Å². The molecule has 2 aliphatic heterocycles. The number of hydrazone groups is 1. The second kappa shape index (κ2) is 8.01. The Hall–Kier alpha value is -2.52. The molecule has 0 radical (unpaired) electrons. The first-order valence-corrected chi connectivity index (χ1v) is 9.51. The summed E-state index contributed by atoms with van der Waals surface area (Å²) in [4.78, 5) is 32.7. The minimum absolute atomic E-state index is 0.0845. The normalized spacial score (nSPS) is 18.3. The van der Waals surface area contributed by atoms with E-state index in [1.807, 2.05) is 32.9 Å². The summed E-state index contributed by atoms with van der Waals surface area (Å²) in [6.45, 7) is 6.07. The number of carbonyl (C=O) groups excluding carboxylic acids is 2. The lowest BCUT2D eigenvalue weighted by Gasteiger charge is -2.19. The van der Waals surface area contributed by atoms with E-state index in [1.54, 1.807) is 0 Å². The highest BCUT2D eigenvalue weighted by molar-refractivity contribution is 8.14. The number of hydrogen-bond acceptors (Lipinski definition) is 7. The van der Waals surface area contributed by atoms with Crippen molar-refractivity contribution in [3.63, 3.8) is 0 Å². The second-order valence-electron chi connectivity index (χ2n) is 6.40. The Morgan fingerprint density at radius 3 is 2.63 bits per heavy atom. The minimum Gasteiger partial charge on any atom is -0.394 e. The van der Waals surface area contributed by atoms with Gasteiger partial charge in [-0.2, -0.15) is 10.1 Å². The van der Waals surface area contributed by atoms with Gasteiger partial charge >= 0.3 is 0 Å². The molecular weight excluding hydrogens is 366 g/mol. The van der Waals surface area contributed by atoms with Crippen LogP contribution in [0.3, 0.4) is 0 Å². The van der Waals surface area contributed by atoms with Gasteiger partial charge in [0.15, 0.2) is 5.17 Å². The van der Waals surface area contributed by atoms with E-state index in [-0.39, 0.29) is 35.9 Å². The van der Waals surface area contributed by atoms with E-state index in [0.29, 0.717) is 5.84 Å². The number of carbonyl (C=O) groups is 2. The molecule has 1 aromatic rings. The number of hydrogen-bond donors (Lipinski definition) is 2. The average Bonchev–Trinajstić information content (AvgIpc) is 3.00. The van der Waals surface area contributed by atoms with Crippen LogP contribution in [0.4, 0.5) is 5.69 Å². The third-order valence-electron chi connectivity index (χ3n) is 4.17. The molecule has 2 heterocycles. The number of aliphatic hydroxyl groups is 1. The number of nitrogens with one attached hydrogen (secondary N) is 1. The van der Waals surface area contributed by atoms with E-state index in [2.05, 4.69) is 20.4 Å². The summed E-state index contributed by atoms with van der Waals surface area (Å²) in [5.74, 6) is -0.634. The number of anilines is 1. The number of β-amino-alcohol motifs (C(OH)–C–C–N with tert-alkyl or cyclic N) is 1. The molecule has 0 saturated heterocycles. The van der Waals surface area contributed by atoms with Gasteiger partial charge in [-0.3, -0.25) is 9.59 Å². The van der Waals surface area contributed by atoms with Crippen LogP contribution in [0.25, 0.3) is 0 Å². The van der Waals surface area contributed by atoms with Crippen molar-refractivity contribution < 1.29 is 14.7 Å². The van der Waals surface area contributed by atoms with Gasteiger partial charge in [0.05, 0.1) is 18.9 Å². The molecule has 27 heavy (non-hydrogen) atoms. The van der Waals surface area contributed by atoms with E-state index in [9.17, 15) is 9.59 Å². The zero-order valence-electron chi connectivity index (χ0n) is 15.4. The first-order valence-electron chi connectivity index (χ1n) is 8.53. The third kappa shape index (κ3) is 4.25. The molecule has 1 aromatic carbocycles. The topological polar surface area (TPSA) is 107 Å². The lowest BCUT2D eigenvalue weighted by Crippen LogP contribution is -2.35. The van der Waals surface area contributed by atoms with Crippen molar-refractivity contribution in [1.82, 2.24) is 5.01 Å². The van der Waals surface area contributed by atoms with Gasteiger partial charge in [0.1, 0.15) is 11.8 Å². The molecule has 9 heteroatoms. The van der Waals surface area contributed by atoms with Gasteiger partial charge in [-0.05, 0) is 31.9 Å². The Labute approximate surface area is 161 Å². The molecular formula is C18H21N5O3S. The Morgan fingerprint density at radius 2 is 1.96 bits per heavy atom. The number of aryl methyl sites for hydroxylation is 3.